The van der Waals surface area contributed by atoms with Gasteiger partial charge in [-0.05, 0) is 29.3 Å². The Balaban J connectivity index is 1.59. The van der Waals surface area contributed by atoms with Gasteiger partial charge in [-0.2, -0.15) is 0 Å². The molecule has 6 nitrogen and oxygen atoms in total. The molecule has 4 aromatic rings. The molecule has 3 heterocycles. The Kier molecular flexibility index (Phi) is 4.30. The molecule has 0 aliphatic carbocycles. The molecule has 27 heavy (non-hydrogen) atoms. The molecule has 0 aliphatic heterocycles. The van der Waals surface area contributed by atoms with Crippen molar-refractivity contribution < 1.29 is 4.79 Å². The highest BCUT2D eigenvalue weighted by atomic mass is 16.1. The first-order chi connectivity index (χ1) is 13.1. The molecule has 0 fully saturated rings. The molecule has 2 N–H and O–H groups in total. The molecular weight excluding hydrogens is 340 g/mol. The van der Waals surface area contributed by atoms with Gasteiger partial charge in [0.05, 0.1) is 12.1 Å². The van der Waals surface area contributed by atoms with Gasteiger partial charge in [-0.15, -0.1) is 0 Å². The van der Waals surface area contributed by atoms with Gasteiger partial charge >= 0.3 is 0 Å². The molecule has 6 heteroatoms. The van der Waals surface area contributed by atoms with Crippen LogP contribution in [0.15, 0.2) is 78.0 Å². The molecule has 0 atom stereocenters. The maximum absolute atomic E-state index is 11.8. The second kappa shape index (κ2) is 6.92. The van der Waals surface area contributed by atoms with E-state index in [4.69, 9.17) is 5.73 Å². The van der Waals surface area contributed by atoms with E-state index < -0.39 is 5.91 Å². The zero-order valence-electron chi connectivity index (χ0n) is 14.6. The number of nitrogens with zero attached hydrogens (tertiary/aromatic N) is 3. The monoisotopic (exact) mass is 358 g/mol. The minimum Gasteiger partial charge on any atom is -0.366 e. The summed E-state index contributed by atoms with van der Waals surface area (Å²) in [4.78, 5) is 27.9. The molecule has 0 spiro atoms. The van der Waals surface area contributed by atoms with Crippen molar-refractivity contribution in [3.05, 3.63) is 100 Å². The van der Waals surface area contributed by atoms with Gasteiger partial charge < -0.3 is 14.9 Å². The molecule has 0 aliphatic rings. The first kappa shape index (κ1) is 16.8. The second-order valence-corrected chi connectivity index (χ2v) is 6.39. The van der Waals surface area contributed by atoms with E-state index in [0.717, 1.165) is 22.2 Å². The lowest BCUT2D eigenvalue weighted by atomic mass is 10.1. The van der Waals surface area contributed by atoms with E-state index in [2.05, 4.69) is 4.98 Å². The minimum absolute atomic E-state index is 0.0227. The molecule has 4 rings (SSSR count). The number of nitrogens with two attached hydrogens (primary N) is 1. The SMILES string of the molecule is NC(=O)c1cn(Cc2ccc(Cn3ccccc3=O)cc2)c2ncccc12. The van der Waals surface area contributed by atoms with E-state index in [-0.39, 0.29) is 5.56 Å². The normalized spacial score (nSPS) is 11.0. The highest BCUT2D eigenvalue weighted by Gasteiger charge is 2.13. The number of fused-ring (bicyclic) bond motifs is 1. The number of aromatic nitrogens is 3. The van der Waals surface area contributed by atoms with Crippen molar-refractivity contribution in [2.24, 2.45) is 5.73 Å². The van der Waals surface area contributed by atoms with Gasteiger partial charge in [-0.25, -0.2) is 4.98 Å². The summed E-state index contributed by atoms with van der Waals surface area (Å²) in [5, 5.41) is 0.755. The number of rotatable bonds is 5. The topological polar surface area (TPSA) is 82.9 Å². The summed E-state index contributed by atoms with van der Waals surface area (Å²) >= 11 is 0. The third kappa shape index (κ3) is 3.37. The lowest BCUT2D eigenvalue weighted by Gasteiger charge is -2.08. The van der Waals surface area contributed by atoms with Crippen LogP contribution in [0.1, 0.15) is 21.5 Å². The maximum Gasteiger partial charge on any atom is 0.250 e. The number of pyridine rings is 2. The van der Waals surface area contributed by atoms with E-state index in [0.29, 0.717) is 18.7 Å². The zero-order valence-corrected chi connectivity index (χ0v) is 14.6. The summed E-state index contributed by atoms with van der Waals surface area (Å²) in [5.41, 5.74) is 8.77. The van der Waals surface area contributed by atoms with E-state index in [1.165, 1.54) is 0 Å². The third-order valence-electron chi connectivity index (χ3n) is 4.53. The fourth-order valence-corrected chi connectivity index (χ4v) is 3.17. The van der Waals surface area contributed by atoms with E-state index in [9.17, 15) is 9.59 Å². The molecule has 1 aromatic carbocycles. The van der Waals surface area contributed by atoms with Crippen molar-refractivity contribution in [1.29, 1.82) is 0 Å². The number of primary amides is 1. The third-order valence-corrected chi connectivity index (χ3v) is 4.53. The van der Waals surface area contributed by atoms with Crippen LogP contribution in [0.3, 0.4) is 0 Å². The highest BCUT2D eigenvalue weighted by Crippen LogP contribution is 2.20. The highest BCUT2D eigenvalue weighted by molar-refractivity contribution is 6.05. The van der Waals surface area contributed by atoms with Crippen LogP contribution in [0.5, 0.6) is 0 Å². The predicted octanol–water partition coefficient (Wildman–Crippen LogP) is 2.39. The summed E-state index contributed by atoms with van der Waals surface area (Å²) in [7, 11) is 0. The van der Waals surface area contributed by atoms with Crippen LogP contribution >= 0.6 is 0 Å². The van der Waals surface area contributed by atoms with Crippen molar-refractivity contribution in [2.45, 2.75) is 13.1 Å². The number of amides is 1. The van der Waals surface area contributed by atoms with Crippen LogP contribution in [0.2, 0.25) is 0 Å². The van der Waals surface area contributed by atoms with Gasteiger partial charge in [0.15, 0.2) is 0 Å². The Morgan fingerprint density at radius 1 is 0.926 bits per heavy atom. The lowest BCUT2D eigenvalue weighted by molar-refractivity contribution is 0.100. The fourth-order valence-electron chi connectivity index (χ4n) is 3.17. The number of benzene rings is 1. The molecule has 0 bridgehead atoms. The second-order valence-electron chi connectivity index (χ2n) is 6.39. The molecule has 0 unspecified atom stereocenters. The van der Waals surface area contributed by atoms with Gasteiger partial charge in [-0.1, -0.05) is 30.3 Å². The van der Waals surface area contributed by atoms with Gasteiger partial charge in [0, 0.05) is 36.6 Å². The largest absolute Gasteiger partial charge is 0.366 e. The number of hydrogen-bond donors (Lipinski definition) is 1. The standard InChI is InChI=1S/C21H18N4O2/c22-20(27)18-14-25(21-17(18)4-3-10-23-21)13-16-8-6-15(7-9-16)12-24-11-2-1-5-19(24)26/h1-11,14H,12-13H2,(H2,22,27). The summed E-state index contributed by atoms with van der Waals surface area (Å²) in [6, 6.07) is 16.8. The summed E-state index contributed by atoms with van der Waals surface area (Å²) in [5.74, 6) is -0.463. The van der Waals surface area contributed by atoms with Crippen molar-refractivity contribution in [3.8, 4) is 0 Å². The average Bonchev–Trinajstić information content (AvgIpc) is 3.04. The molecule has 3 aromatic heterocycles. The van der Waals surface area contributed by atoms with Crippen LogP contribution in [-0.4, -0.2) is 20.0 Å². The van der Waals surface area contributed by atoms with Gasteiger partial charge in [0.1, 0.15) is 5.65 Å². The van der Waals surface area contributed by atoms with Crippen LogP contribution in [-0.2, 0) is 13.1 Å². The van der Waals surface area contributed by atoms with Gasteiger partial charge in [0.2, 0.25) is 0 Å². The van der Waals surface area contributed by atoms with E-state index in [1.807, 2.05) is 41.0 Å². The number of carbonyl (C=O) groups is 1. The Morgan fingerprint density at radius 3 is 2.30 bits per heavy atom. The Hall–Kier alpha value is -3.67. The maximum atomic E-state index is 11.8. The van der Waals surface area contributed by atoms with Crippen LogP contribution in [0, 0.1) is 0 Å². The molecule has 0 saturated heterocycles. The molecule has 1 amide bonds. The molecule has 0 saturated carbocycles. The van der Waals surface area contributed by atoms with Gasteiger partial charge in [0.25, 0.3) is 11.5 Å². The minimum atomic E-state index is -0.463. The number of hydrogen-bond acceptors (Lipinski definition) is 3. The smallest absolute Gasteiger partial charge is 0.250 e. The van der Waals surface area contributed by atoms with Crippen LogP contribution < -0.4 is 11.3 Å². The molecular formula is C21H18N4O2. The van der Waals surface area contributed by atoms with Crippen LogP contribution in [0.25, 0.3) is 11.0 Å². The Morgan fingerprint density at radius 2 is 1.63 bits per heavy atom. The first-order valence-electron chi connectivity index (χ1n) is 8.59. The quantitative estimate of drug-likeness (QED) is 0.595. The van der Waals surface area contributed by atoms with Crippen molar-refractivity contribution >= 4 is 16.9 Å². The van der Waals surface area contributed by atoms with E-state index >= 15 is 0 Å². The molecule has 0 radical (unpaired) electrons. The predicted molar refractivity (Wildman–Crippen MR) is 104 cm³/mol. The number of carbonyl (C=O) groups excluding carboxylic acids is 1. The average molecular weight is 358 g/mol. The van der Waals surface area contributed by atoms with Crippen molar-refractivity contribution in [1.82, 2.24) is 14.1 Å². The van der Waals surface area contributed by atoms with Crippen molar-refractivity contribution in [3.63, 3.8) is 0 Å². The zero-order chi connectivity index (χ0) is 18.8. The summed E-state index contributed by atoms with van der Waals surface area (Å²) < 4.78 is 3.59. The van der Waals surface area contributed by atoms with E-state index in [1.54, 1.807) is 41.4 Å². The lowest BCUT2D eigenvalue weighted by Crippen LogP contribution is -2.18. The van der Waals surface area contributed by atoms with Crippen LogP contribution in [0.4, 0.5) is 0 Å². The van der Waals surface area contributed by atoms with Crippen molar-refractivity contribution in [2.75, 3.05) is 0 Å². The summed E-state index contributed by atoms with van der Waals surface area (Å²) in [6.45, 7) is 1.10. The first-order valence-corrected chi connectivity index (χ1v) is 8.59. The summed E-state index contributed by atoms with van der Waals surface area (Å²) in [6.07, 6.45) is 5.22. The Bertz CT molecular complexity index is 1170. The fraction of sp³-hybridized carbons (Fsp3) is 0.0952. The Labute approximate surface area is 155 Å². The van der Waals surface area contributed by atoms with Gasteiger partial charge in [-0.3, -0.25) is 9.59 Å². The molecule has 134 valence electrons.